The van der Waals surface area contributed by atoms with Gasteiger partial charge < -0.3 is 65.8 Å². The number of carbonyl (C=O) groups excluding carboxylic acids is 2. The van der Waals surface area contributed by atoms with Gasteiger partial charge in [0.05, 0.1) is 6.10 Å². The van der Waals surface area contributed by atoms with E-state index in [1.165, 1.54) is 0 Å². The number of urea groups is 2. The summed E-state index contributed by atoms with van der Waals surface area (Å²) in [6.45, 7) is 24.2. The van der Waals surface area contributed by atoms with Crippen LogP contribution in [0.25, 0.3) is 0 Å². The van der Waals surface area contributed by atoms with E-state index in [2.05, 4.69) is 27.3 Å². The molecule has 336 valence electrons. The molecule has 0 aromatic rings. The Morgan fingerprint density at radius 2 is 0.930 bits per heavy atom. The van der Waals surface area contributed by atoms with Crippen LogP contribution in [0.1, 0.15) is 101 Å². The minimum absolute atomic E-state index is 0.0106. The van der Waals surface area contributed by atoms with Crippen molar-refractivity contribution in [2.75, 3.05) is 85.6 Å². The molecule has 0 aromatic heterocycles. The van der Waals surface area contributed by atoms with Gasteiger partial charge in [-0.25, -0.2) is 9.59 Å². The van der Waals surface area contributed by atoms with Crippen molar-refractivity contribution in [1.29, 1.82) is 0 Å². The predicted octanol–water partition coefficient (Wildman–Crippen LogP) is 6.01. The molecule has 57 heavy (non-hydrogen) atoms. The molecular weight excluding hydrogens is 789 g/mol. The van der Waals surface area contributed by atoms with E-state index in [4.69, 9.17) is 44.6 Å². The van der Waals surface area contributed by atoms with Gasteiger partial charge in [-0.2, -0.15) is 0 Å². The van der Waals surface area contributed by atoms with Crippen LogP contribution in [-0.2, 0) is 44.6 Å². The molecule has 1 rings (SSSR count). The molecular formula is C38H80N4O12Si3. The van der Waals surface area contributed by atoms with Crippen molar-refractivity contribution >= 4 is 38.5 Å². The number of epoxide rings is 1. The highest BCUT2D eigenvalue weighted by Gasteiger charge is 2.43. The van der Waals surface area contributed by atoms with E-state index < -0.39 is 26.4 Å². The third kappa shape index (κ3) is 23.2. The second-order valence-corrected chi connectivity index (χ2v) is 21.5. The summed E-state index contributed by atoms with van der Waals surface area (Å²) in [6.07, 6.45) is 9.11. The van der Waals surface area contributed by atoms with Crippen molar-refractivity contribution in [3.8, 4) is 0 Å². The monoisotopic (exact) mass is 869 g/mol. The van der Waals surface area contributed by atoms with Crippen molar-refractivity contribution in [2.24, 2.45) is 5.92 Å². The van der Waals surface area contributed by atoms with Gasteiger partial charge in [-0.05, 0) is 107 Å². The molecule has 3 atom stereocenters. The van der Waals surface area contributed by atoms with E-state index in [1.54, 1.807) is 0 Å². The van der Waals surface area contributed by atoms with Gasteiger partial charge in [0.1, 0.15) is 6.10 Å². The number of rotatable bonds is 38. The smallest absolute Gasteiger partial charge is 0.374 e. The minimum Gasteiger partial charge on any atom is -0.374 e. The Hall–Kier alpha value is -1.47. The fraction of sp³-hybridized carbons (Fsp3) is 0.895. The van der Waals surface area contributed by atoms with Crippen molar-refractivity contribution in [3.63, 3.8) is 0 Å². The number of ether oxygens (including phenoxy) is 1. The fourth-order valence-electron chi connectivity index (χ4n) is 6.63. The number of nitrogens with one attached hydrogen (secondary N) is 4. The zero-order valence-electron chi connectivity index (χ0n) is 36.8. The molecule has 0 aliphatic carbocycles. The van der Waals surface area contributed by atoms with E-state index in [-0.39, 0.29) is 24.3 Å². The van der Waals surface area contributed by atoms with Gasteiger partial charge in [0.15, 0.2) is 0 Å². The first kappa shape index (κ1) is 53.5. The maximum atomic E-state index is 12.5. The van der Waals surface area contributed by atoms with E-state index in [0.717, 1.165) is 31.7 Å². The SMILES string of the molecule is CCO[Si](CCCNC(=O)NC/C=C/CC(CCC1OC1CNC(=O)NCCC[Si](OCC)(OCC)OCC)CC[Si](OCC)(OCC)OCC)(OCC)OCC. The van der Waals surface area contributed by atoms with Gasteiger partial charge in [-0.3, -0.25) is 0 Å². The Morgan fingerprint density at radius 3 is 1.35 bits per heavy atom. The standard InChI is InChI=1S/C38H80N4O12Si3/c1-10-45-55(46-11-2,47-12-3)30-21-28-40-37(43)39-27-20-19-23-34(26-32-57(51-16-7,52-17-8)53-18-9)24-25-35-36(54-35)33-42-38(44)41-29-22-31-56(48-13-4,49-14-5)50-15-6/h19-20,34-36H,10-18,21-33H2,1-9H3,(H2,39,40,43)(H2,41,42,44)/b20-19+. The van der Waals surface area contributed by atoms with E-state index in [1.807, 2.05) is 68.4 Å². The van der Waals surface area contributed by atoms with Crippen LogP contribution in [0.5, 0.6) is 0 Å². The molecule has 4 amide bonds. The second kappa shape index (κ2) is 32.3. The number of hydrogen-bond donors (Lipinski definition) is 4. The van der Waals surface area contributed by atoms with Crippen LogP contribution in [0.2, 0.25) is 18.1 Å². The summed E-state index contributed by atoms with van der Waals surface area (Å²) >= 11 is 0. The van der Waals surface area contributed by atoms with Crippen LogP contribution >= 0.6 is 0 Å². The summed E-state index contributed by atoms with van der Waals surface area (Å²) in [5, 5.41) is 11.7. The Labute approximate surface area is 347 Å². The molecule has 1 fully saturated rings. The highest BCUT2D eigenvalue weighted by Crippen LogP contribution is 2.32. The lowest BCUT2D eigenvalue weighted by atomic mass is 9.95. The topological polar surface area (TPSA) is 178 Å². The Kier molecular flexibility index (Phi) is 30.4. The molecule has 0 saturated carbocycles. The van der Waals surface area contributed by atoms with Crippen LogP contribution in [0, 0.1) is 5.92 Å². The Bertz CT molecular complexity index is 1020. The molecule has 4 N–H and O–H groups in total. The lowest BCUT2D eigenvalue weighted by molar-refractivity contribution is 0.0689. The third-order valence-electron chi connectivity index (χ3n) is 9.06. The first-order valence-electron chi connectivity index (χ1n) is 21.7. The van der Waals surface area contributed by atoms with Crippen LogP contribution in [-0.4, -0.2) is 136 Å². The fourth-order valence-corrected chi connectivity index (χ4v) is 14.6. The van der Waals surface area contributed by atoms with Crippen molar-refractivity contribution in [2.45, 2.75) is 131 Å². The van der Waals surface area contributed by atoms with Gasteiger partial charge in [-0.1, -0.05) is 12.2 Å². The molecule has 1 aliphatic heterocycles. The zero-order chi connectivity index (χ0) is 42.3. The summed E-state index contributed by atoms with van der Waals surface area (Å²) in [6, 6.07) is 1.57. The Morgan fingerprint density at radius 1 is 0.526 bits per heavy atom. The average Bonchev–Trinajstić information content (AvgIpc) is 3.94. The maximum Gasteiger partial charge on any atom is 0.500 e. The molecule has 19 heteroatoms. The van der Waals surface area contributed by atoms with Crippen LogP contribution in [0.15, 0.2) is 12.2 Å². The molecule has 0 radical (unpaired) electrons. The number of amides is 4. The summed E-state index contributed by atoms with van der Waals surface area (Å²) in [4.78, 5) is 25.0. The summed E-state index contributed by atoms with van der Waals surface area (Å²) in [5.41, 5.74) is 0. The second-order valence-electron chi connectivity index (χ2n) is 13.3. The predicted molar refractivity (Wildman–Crippen MR) is 228 cm³/mol. The number of hydrogen-bond acceptors (Lipinski definition) is 12. The first-order valence-corrected chi connectivity index (χ1v) is 27.5. The van der Waals surface area contributed by atoms with Crippen LogP contribution in [0.4, 0.5) is 9.59 Å². The van der Waals surface area contributed by atoms with Crippen molar-refractivity contribution < 1.29 is 54.2 Å². The highest BCUT2D eigenvalue weighted by molar-refractivity contribution is 6.61. The molecule has 1 saturated heterocycles. The quantitative estimate of drug-likeness (QED) is 0.0246. The molecule has 1 heterocycles. The lowest BCUT2D eigenvalue weighted by Gasteiger charge is -2.29. The normalized spacial score (nSPS) is 16.5. The third-order valence-corrected chi connectivity index (χ3v) is 18.4. The van der Waals surface area contributed by atoms with Crippen LogP contribution in [0.3, 0.4) is 0 Å². The molecule has 0 spiro atoms. The molecule has 0 bridgehead atoms. The highest BCUT2D eigenvalue weighted by atomic mass is 28.4. The van der Waals surface area contributed by atoms with Gasteiger partial charge in [0.25, 0.3) is 0 Å². The molecule has 1 aliphatic rings. The number of carbonyl (C=O) groups is 2. The minimum atomic E-state index is -2.80. The first-order chi connectivity index (χ1) is 27.6. The average molecular weight is 869 g/mol. The summed E-state index contributed by atoms with van der Waals surface area (Å²) < 4.78 is 59.8. The van der Waals surface area contributed by atoms with Crippen molar-refractivity contribution in [3.05, 3.63) is 12.2 Å². The maximum absolute atomic E-state index is 12.5. The summed E-state index contributed by atoms with van der Waals surface area (Å²) in [7, 11) is -8.26. The molecule has 16 nitrogen and oxygen atoms in total. The molecule has 0 aromatic carbocycles. The zero-order valence-corrected chi connectivity index (χ0v) is 39.8. The van der Waals surface area contributed by atoms with Crippen molar-refractivity contribution in [1.82, 2.24) is 21.3 Å². The summed E-state index contributed by atoms with van der Waals surface area (Å²) in [5.74, 6) is 0.329. The van der Waals surface area contributed by atoms with Gasteiger partial charge in [-0.15, -0.1) is 0 Å². The molecule has 3 unspecified atom stereocenters. The van der Waals surface area contributed by atoms with Gasteiger partial charge >= 0.3 is 38.5 Å². The van der Waals surface area contributed by atoms with Crippen LogP contribution < -0.4 is 21.3 Å². The number of allylic oxidation sites excluding steroid dienone is 1. The Balaban J connectivity index is 2.62. The van der Waals surface area contributed by atoms with E-state index in [9.17, 15) is 9.59 Å². The van der Waals surface area contributed by atoms with E-state index >= 15 is 0 Å². The van der Waals surface area contributed by atoms with Gasteiger partial charge in [0, 0.05) is 104 Å². The largest absolute Gasteiger partial charge is 0.500 e. The lowest BCUT2D eigenvalue weighted by Crippen LogP contribution is -2.46. The van der Waals surface area contributed by atoms with Gasteiger partial charge in [0.2, 0.25) is 0 Å². The van der Waals surface area contributed by atoms with E-state index in [0.29, 0.717) is 116 Å².